The normalized spacial score (nSPS) is 26.0. The molecule has 2 aliphatic rings. The zero-order chi connectivity index (χ0) is 15.6. The summed E-state index contributed by atoms with van der Waals surface area (Å²) in [6.07, 6.45) is 5.15. The zero-order valence-electron chi connectivity index (χ0n) is 14.3. The Kier molecular flexibility index (Phi) is 4.91. The molecule has 2 fully saturated rings. The third-order valence-corrected chi connectivity index (χ3v) is 5.72. The highest BCUT2D eigenvalue weighted by Gasteiger charge is 2.45. The summed E-state index contributed by atoms with van der Waals surface area (Å²) in [6, 6.07) is 4.78. The van der Waals surface area contributed by atoms with Gasteiger partial charge in [-0.2, -0.15) is 0 Å². The van der Waals surface area contributed by atoms with E-state index in [2.05, 4.69) is 35.9 Å². The van der Waals surface area contributed by atoms with Gasteiger partial charge in [0.2, 0.25) is 0 Å². The zero-order valence-corrected chi connectivity index (χ0v) is 14.3. The van der Waals surface area contributed by atoms with Gasteiger partial charge >= 0.3 is 0 Å². The van der Waals surface area contributed by atoms with Gasteiger partial charge in [0, 0.05) is 31.3 Å². The van der Waals surface area contributed by atoms with Crippen LogP contribution in [0.3, 0.4) is 0 Å². The summed E-state index contributed by atoms with van der Waals surface area (Å²) >= 11 is 0. The highest BCUT2D eigenvalue weighted by atomic mass is 16.5. The first-order valence-corrected chi connectivity index (χ1v) is 8.71. The number of furan rings is 1. The minimum atomic E-state index is 0.414. The van der Waals surface area contributed by atoms with Crippen molar-refractivity contribution in [3.63, 3.8) is 0 Å². The van der Waals surface area contributed by atoms with Gasteiger partial charge in [0.25, 0.3) is 0 Å². The second kappa shape index (κ2) is 6.73. The number of hydrogen-bond acceptors (Lipinski definition) is 4. The highest BCUT2D eigenvalue weighted by molar-refractivity contribution is 5.07. The molecular weight excluding hydrogens is 276 g/mol. The maximum absolute atomic E-state index is 5.72. The maximum atomic E-state index is 5.72. The molecule has 4 heteroatoms. The van der Waals surface area contributed by atoms with Crippen LogP contribution in [-0.2, 0) is 11.3 Å². The Morgan fingerprint density at radius 3 is 2.68 bits per heavy atom. The largest absolute Gasteiger partial charge is 0.465 e. The number of likely N-dealkylation sites (N-methyl/N-ethyl adjacent to an activating group) is 1. The summed E-state index contributed by atoms with van der Waals surface area (Å²) in [5.74, 6) is 2.11. The van der Waals surface area contributed by atoms with E-state index in [0.29, 0.717) is 11.6 Å². The number of piperidine rings is 1. The predicted octanol–water partition coefficient (Wildman–Crippen LogP) is 3.05. The average Bonchev–Trinajstić information content (AvgIpc) is 3.05. The van der Waals surface area contributed by atoms with Gasteiger partial charge in [-0.1, -0.05) is 0 Å². The van der Waals surface area contributed by atoms with Crippen molar-refractivity contribution in [2.75, 3.05) is 33.4 Å². The molecule has 0 aliphatic carbocycles. The van der Waals surface area contributed by atoms with Gasteiger partial charge in [0.1, 0.15) is 11.5 Å². The van der Waals surface area contributed by atoms with Gasteiger partial charge < -0.3 is 9.15 Å². The Labute approximate surface area is 134 Å². The molecule has 0 aromatic carbocycles. The van der Waals surface area contributed by atoms with Gasteiger partial charge in [0.05, 0.1) is 13.2 Å². The first-order valence-electron chi connectivity index (χ1n) is 8.71. The van der Waals surface area contributed by atoms with Gasteiger partial charge in [-0.25, -0.2) is 0 Å². The van der Waals surface area contributed by atoms with Crippen molar-refractivity contribution in [1.29, 1.82) is 0 Å². The SMILES string of the molecule is CCOC[C@H]1CCC2(CCN(Cc3ccc(C)o3)CC2)N1C. The van der Waals surface area contributed by atoms with E-state index in [9.17, 15) is 0 Å². The molecule has 0 bridgehead atoms. The molecule has 2 saturated heterocycles. The van der Waals surface area contributed by atoms with Crippen molar-refractivity contribution in [2.45, 2.75) is 57.7 Å². The fraction of sp³-hybridized carbons (Fsp3) is 0.778. The van der Waals surface area contributed by atoms with E-state index < -0.39 is 0 Å². The van der Waals surface area contributed by atoms with Crippen molar-refractivity contribution < 1.29 is 9.15 Å². The van der Waals surface area contributed by atoms with Crippen molar-refractivity contribution >= 4 is 0 Å². The van der Waals surface area contributed by atoms with Crippen LogP contribution in [0, 0.1) is 6.92 Å². The third kappa shape index (κ3) is 3.24. The van der Waals surface area contributed by atoms with Gasteiger partial charge in [-0.3, -0.25) is 9.80 Å². The lowest BCUT2D eigenvalue weighted by atomic mass is 9.85. The van der Waals surface area contributed by atoms with E-state index in [0.717, 1.165) is 31.3 Å². The molecule has 0 unspecified atom stereocenters. The molecule has 124 valence electrons. The first-order chi connectivity index (χ1) is 10.6. The van der Waals surface area contributed by atoms with E-state index in [1.807, 2.05) is 6.92 Å². The Morgan fingerprint density at radius 2 is 2.05 bits per heavy atom. The summed E-state index contributed by atoms with van der Waals surface area (Å²) in [6.45, 7) is 9.12. The molecule has 1 aromatic heterocycles. The summed E-state index contributed by atoms with van der Waals surface area (Å²) in [4.78, 5) is 5.16. The lowest BCUT2D eigenvalue weighted by Crippen LogP contribution is -2.52. The molecule has 0 radical (unpaired) electrons. The first kappa shape index (κ1) is 16.0. The van der Waals surface area contributed by atoms with Gasteiger partial charge in [0.15, 0.2) is 0 Å². The van der Waals surface area contributed by atoms with Crippen molar-refractivity contribution in [3.8, 4) is 0 Å². The topological polar surface area (TPSA) is 28.9 Å². The standard InChI is InChI=1S/C18H30N2O2/c1-4-21-14-16-7-8-18(19(16)3)9-11-20(12-10-18)13-17-6-5-15(2)22-17/h5-6,16H,4,7-14H2,1-3H3/t16-/m1/s1. The third-order valence-electron chi connectivity index (χ3n) is 5.72. The van der Waals surface area contributed by atoms with Crippen molar-refractivity contribution in [3.05, 3.63) is 23.7 Å². The van der Waals surface area contributed by atoms with E-state index >= 15 is 0 Å². The minimum Gasteiger partial charge on any atom is -0.465 e. The van der Waals surface area contributed by atoms with E-state index in [4.69, 9.17) is 9.15 Å². The van der Waals surface area contributed by atoms with E-state index in [1.165, 1.54) is 38.8 Å². The second-order valence-corrected chi connectivity index (χ2v) is 6.98. The van der Waals surface area contributed by atoms with Crippen LogP contribution in [0.1, 0.15) is 44.1 Å². The monoisotopic (exact) mass is 306 g/mol. The van der Waals surface area contributed by atoms with Crippen LogP contribution in [0.2, 0.25) is 0 Å². The number of ether oxygens (including phenoxy) is 1. The van der Waals surface area contributed by atoms with Crippen LogP contribution in [0.25, 0.3) is 0 Å². The average molecular weight is 306 g/mol. The molecule has 0 amide bonds. The Morgan fingerprint density at radius 1 is 1.27 bits per heavy atom. The number of aryl methyl sites for hydroxylation is 1. The summed E-state index contributed by atoms with van der Waals surface area (Å²) in [5, 5.41) is 0. The number of hydrogen-bond donors (Lipinski definition) is 0. The molecule has 0 N–H and O–H groups in total. The lowest BCUT2D eigenvalue weighted by Gasteiger charge is -2.45. The van der Waals surface area contributed by atoms with Crippen LogP contribution in [0.5, 0.6) is 0 Å². The predicted molar refractivity (Wildman–Crippen MR) is 88.0 cm³/mol. The summed E-state index contributed by atoms with van der Waals surface area (Å²) in [7, 11) is 2.31. The molecule has 1 atom stereocenters. The van der Waals surface area contributed by atoms with Gasteiger partial charge in [-0.15, -0.1) is 0 Å². The molecule has 1 spiro atoms. The van der Waals surface area contributed by atoms with Crippen LogP contribution in [0.4, 0.5) is 0 Å². The summed E-state index contributed by atoms with van der Waals surface area (Å²) in [5.41, 5.74) is 0.414. The van der Waals surface area contributed by atoms with Crippen LogP contribution >= 0.6 is 0 Å². The number of nitrogens with zero attached hydrogens (tertiary/aromatic N) is 2. The van der Waals surface area contributed by atoms with Crippen LogP contribution in [0.15, 0.2) is 16.5 Å². The highest BCUT2D eigenvalue weighted by Crippen LogP contribution is 2.40. The number of rotatable bonds is 5. The quantitative estimate of drug-likeness (QED) is 0.836. The minimum absolute atomic E-state index is 0.414. The fourth-order valence-corrected chi connectivity index (χ4v) is 4.16. The van der Waals surface area contributed by atoms with E-state index in [-0.39, 0.29) is 0 Å². The smallest absolute Gasteiger partial charge is 0.118 e. The Balaban J connectivity index is 1.52. The molecular formula is C18H30N2O2. The van der Waals surface area contributed by atoms with Crippen molar-refractivity contribution in [1.82, 2.24) is 9.80 Å². The molecule has 0 saturated carbocycles. The lowest BCUT2D eigenvalue weighted by molar-refractivity contribution is 0.0193. The molecule has 2 aliphatic heterocycles. The number of likely N-dealkylation sites (tertiary alicyclic amines) is 2. The van der Waals surface area contributed by atoms with Gasteiger partial charge in [-0.05, 0) is 58.7 Å². The molecule has 3 heterocycles. The second-order valence-electron chi connectivity index (χ2n) is 6.98. The Bertz CT molecular complexity index is 477. The summed E-state index contributed by atoms with van der Waals surface area (Å²) < 4.78 is 11.4. The molecule has 3 rings (SSSR count). The van der Waals surface area contributed by atoms with Crippen molar-refractivity contribution in [2.24, 2.45) is 0 Å². The maximum Gasteiger partial charge on any atom is 0.118 e. The van der Waals surface area contributed by atoms with E-state index in [1.54, 1.807) is 0 Å². The molecule has 22 heavy (non-hydrogen) atoms. The molecule has 1 aromatic rings. The molecule has 4 nitrogen and oxygen atoms in total. The fourth-order valence-electron chi connectivity index (χ4n) is 4.16. The van der Waals surface area contributed by atoms with Crippen LogP contribution < -0.4 is 0 Å². The van der Waals surface area contributed by atoms with Crippen LogP contribution in [-0.4, -0.2) is 54.7 Å². The Hall–Kier alpha value is -0.840.